The van der Waals surface area contributed by atoms with E-state index in [0.29, 0.717) is 43.1 Å². The number of aromatic nitrogens is 2. The van der Waals surface area contributed by atoms with E-state index in [9.17, 15) is 19.2 Å². The summed E-state index contributed by atoms with van der Waals surface area (Å²) in [7, 11) is 0. The maximum Gasteiger partial charge on any atom is 0.258 e. The van der Waals surface area contributed by atoms with E-state index in [4.69, 9.17) is 10.5 Å². The van der Waals surface area contributed by atoms with Crippen molar-refractivity contribution >= 4 is 35.2 Å². The zero-order valence-corrected chi connectivity index (χ0v) is 19.9. The number of anilines is 3. The number of H-pyrrole nitrogens is 1. The van der Waals surface area contributed by atoms with Gasteiger partial charge in [-0.05, 0) is 49.2 Å². The van der Waals surface area contributed by atoms with Crippen LogP contribution >= 0.6 is 0 Å². The molecule has 0 bridgehead atoms. The van der Waals surface area contributed by atoms with Crippen LogP contribution in [0.5, 0.6) is 11.5 Å². The van der Waals surface area contributed by atoms with Gasteiger partial charge in [-0.2, -0.15) is 4.98 Å². The lowest BCUT2D eigenvalue weighted by Crippen LogP contribution is -2.41. The van der Waals surface area contributed by atoms with Crippen molar-refractivity contribution in [1.29, 1.82) is 0 Å². The number of benzene rings is 2. The number of primary amides is 1. The number of aromatic amines is 1. The Hall–Kier alpha value is -4.67. The van der Waals surface area contributed by atoms with E-state index in [1.54, 1.807) is 24.3 Å². The first kappa shape index (κ1) is 24.0. The molecule has 2 aliphatic heterocycles. The molecule has 3 heterocycles. The Balaban J connectivity index is 1.31. The van der Waals surface area contributed by atoms with Crippen molar-refractivity contribution in [3.05, 3.63) is 70.5 Å². The van der Waals surface area contributed by atoms with Gasteiger partial charge in [0, 0.05) is 31.1 Å². The minimum absolute atomic E-state index is 0.0683. The third kappa shape index (κ3) is 5.30. The summed E-state index contributed by atoms with van der Waals surface area (Å²) in [5.74, 6) is -0.827. The number of fused-ring (bicyclic) bond motifs is 1. The highest BCUT2D eigenvalue weighted by Crippen LogP contribution is 2.31. The van der Waals surface area contributed by atoms with Gasteiger partial charge < -0.3 is 26.0 Å². The van der Waals surface area contributed by atoms with Gasteiger partial charge >= 0.3 is 0 Å². The second kappa shape index (κ2) is 10.1. The van der Waals surface area contributed by atoms with Crippen LogP contribution in [0.15, 0.2) is 59.4 Å². The first-order valence-electron chi connectivity index (χ1n) is 12.0. The molecule has 11 nitrogen and oxygen atoms in total. The maximum absolute atomic E-state index is 13.1. The van der Waals surface area contributed by atoms with E-state index in [-0.39, 0.29) is 35.6 Å². The van der Waals surface area contributed by atoms with Gasteiger partial charge in [0.25, 0.3) is 5.56 Å². The lowest BCUT2D eigenvalue weighted by Gasteiger charge is -2.32. The SMILES string of the molecule is NC(=O)C1CCN(c2nc3c(c(=O)[nH]2)[C@@H](C(=O)Nc2ccc(Oc4ccccc4)cc2)CC(=O)N3)CC1. The maximum atomic E-state index is 13.1. The largest absolute Gasteiger partial charge is 0.457 e. The molecule has 2 aliphatic rings. The van der Waals surface area contributed by atoms with Crippen molar-refractivity contribution in [3.63, 3.8) is 0 Å². The summed E-state index contributed by atoms with van der Waals surface area (Å²) in [6.45, 7) is 0.967. The van der Waals surface area contributed by atoms with Gasteiger partial charge in [-0.15, -0.1) is 0 Å². The Morgan fingerprint density at radius 2 is 1.68 bits per heavy atom. The van der Waals surface area contributed by atoms with Crippen LogP contribution in [0.25, 0.3) is 0 Å². The van der Waals surface area contributed by atoms with Crippen LogP contribution < -0.4 is 31.6 Å². The second-order valence-corrected chi connectivity index (χ2v) is 9.05. The van der Waals surface area contributed by atoms with E-state index in [1.165, 1.54) is 0 Å². The molecule has 11 heteroatoms. The fourth-order valence-electron chi connectivity index (χ4n) is 4.57. The molecule has 0 aliphatic carbocycles. The van der Waals surface area contributed by atoms with Crippen LogP contribution in [0.4, 0.5) is 17.5 Å². The molecule has 3 amide bonds. The summed E-state index contributed by atoms with van der Waals surface area (Å²) in [5.41, 5.74) is 5.51. The first-order chi connectivity index (χ1) is 17.9. The van der Waals surface area contributed by atoms with Gasteiger partial charge in [-0.1, -0.05) is 18.2 Å². The van der Waals surface area contributed by atoms with E-state index in [2.05, 4.69) is 20.6 Å². The van der Waals surface area contributed by atoms with Crippen molar-refractivity contribution < 1.29 is 19.1 Å². The first-order valence-corrected chi connectivity index (χ1v) is 12.0. The molecule has 5 rings (SSSR count). The summed E-state index contributed by atoms with van der Waals surface area (Å²) < 4.78 is 5.76. The van der Waals surface area contributed by atoms with Crippen LogP contribution in [0, 0.1) is 5.92 Å². The minimum atomic E-state index is -1.00. The van der Waals surface area contributed by atoms with E-state index >= 15 is 0 Å². The molecule has 2 aromatic carbocycles. The number of para-hydroxylation sites is 1. The zero-order chi connectivity index (χ0) is 25.9. The van der Waals surface area contributed by atoms with Gasteiger partial charge in [0.2, 0.25) is 23.7 Å². The fraction of sp³-hybridized carbons (Fsp3) is 0.269. The topological polar surface area (TPSA) is 160 Å². The number of nitrogens with zero attached hydrogens (tertiary/aromatic N) is 2. The van der Waals surface area contributed by atoms with Crippen LogP contribution in [0.1, 0.15) is 30.7 Å². The summed E-state index contributed by atoms with van der Waals surface area (Å²) in [6, 6.07) is 16.1. The molecule has 1 fully saturated rings. The molecule has 0 spiro atoms. The number of rotatable bonds is 6. The number of piperidine rings is 1. The van der Waals surface area contributed by atoms with Crippen LogP contribution in [0.2, 0.25) is 0 Å². The summed E-state index contributed by atoms with van der Waals surface area (Å²) in [4.78, 5) is 59.0. The lowest BCUT2D eigenvalue weighted by atomic mass is 9.92. The normalized spacial score (nSPS) is 17.5. The Labute approximate surface area is 212 Å². The van der Waals surface area contributed by atoms with Gasteiger partial charge in [0.05, 0.1) is 11.5 Å². The molecule has 190 valence electrons. The molecular formula is C26H26N6O5. The summed E-state index contributed by atoms with van der Waals surface area (Å²) >= 11 is 0. The Kier molecular flexibility index (Phi) is 6.59. The molecule has 0 radical (unpaired) electrons. The third-order valence-electron chi connectivity index (χ3n) is 6.55. The number of carbonyl (C=O) groups is 3. The van der Waals surface area contributed by atoms with Crippen molar-refractivity contribution in [2.24, 2.45) is 11.7 Å². The van der Waals surface area contributed by atoms with Gasteiger partial charge in [-0.3, -0.25) is 24.2 Å². The number of hydrogen-bond donors (Lipinski definition) is 4. The average molecular weight is 503 g/mol. The zero-order valence-electron chi connectivity index (χ0n) is 19.9. The van der Waals surface area contributed by atoms with Crippen molar-refractivity contribution in [2.75, 3.05) is 28.6 Å². The highest BCUT2D eigenvalue weighted by Gasteiger charge is 2.35. The van der Waals surface area contributed by atoms with Gasteiger partial charge in [0.1, 0.15) is 17.3 Å². The Morgan fingerprint density at radius 3 is 2.35 bits per heavy atom. The number of amides is 3. The minimum Gasteiger partial charge on any atom is -0.457 e. The number of hydrogen-bond acceptors (Lipinski definition) is 7. The van der Waals surface area contributed by atoms with Crippen molar-refractivity contribution in [2.45, 2.75) is 25.2 Å². The van der Waals surface area contributed by atoms with E-state index in [1.807, 2.05) is 35.2 Å². The standard InChI is InChI=1S/C26H26N6O5/c27-22(34)15-10-12-32(13-11-15)26-30-23-21(25(36)31-26)19(14-20(33)29-23)24(35)28-16-6-8-18(9-7-16)37-17-4-2-1-3-5-17/h1-9,15,19H,10-14H2,(H2,27,34)(H,28,35)(H2,29,30,31,33,36)/t19-/m0/s1. The molecule has 5 N–H and O–H groups in total. The summed E-state index contributed by atoms with van der Waals surface area (Å²) in [6.07, 6.45) is 0.910. The van der Waals surface area contributed by atoms with Crippen LogP contribution in [-0.2, 0) is 14.4 Å². The predicted octanol–water partition coefficient (Wildman–Crippen LogP) is 2.33. The third-order valence-corrected chi connectivity index (χ3v) is 6.55. The summed E-state index contributed by atoms with van der Waals surface area (Å²) in [5, 5.41) is 5.39. The predicted molar refractivity (Wildman–Crippen MR) is 137 cm³/mol. The highest BCUT2D eigenvalue weighted by atomic mass is 16.5. The molecular weight excluding hydrogens is 476 g/mol. The Bertz CT molecular complexity index is 1380. The monoisotopic (exact) mass is 502 g/mol. The van der Waals surface area contributed by atoms with Crippen molar-refractivity contribution in [3.8, 4) is 11.5 Å². The quantitative estimate of drug-likeness (QED) is 0.402. The number of ether oxygens (including phenoxy) is 1. The fourth-order valence-corrected chi connectivity index (χ4v) is 4.57. The molecule has 1 atom stereocenters. The lowest BCUT2D eigenvalue weighted by molar-refractivity contribution is -0.123. The highest BCUT2D eigenvalue weighted by molar-refractivity contribution is 6.04. The van der Waals surface area contributed by atoms with E-state index in [0.717, 1.165) is 0 Å². The average Bonchev–Trinajstić information content (AvgIpc) is 2.89. The Morgan fingerprint density at radius 1 is 1.00 bits per heavy atom. The number of carbonyl (C=O) groups excluding carboxylic acids is 3. The van der Waals surface area contributed by atoms with Crippen LogP contribution in [-0.4, -0.2) is 40.8 Å². The smallest absolute Gasteiger partial charge is 0.258 e. The molecule has 0 saturated carbocycles. The molecule has 37 heavy (non-hydrogen) atoms. The molecule has 3 aromatic rings. The van der Waals surface area contributed by atoms with Crippen LogP contribution in [0.3, 0.4) is 0 Å². The van der Waals surface area contributed by atoms with E-state index < -0.39 is 23.3 Å². The molecule has 1 saturated heterocycles. The number of nitrogens with two attached hydrogens (primary N) is 1. The molecule has 1 aromatic heterocycles. The molecule has 0 unspecified atom stereocenters. The van der Waals surface area contributed by atoms with Gasteiger partial charge in [-0.25, -0.2) is 0 Å². The van der Waals surface area contributed by atoms with Gasteiger partial charge in [0.15, 0.2) is 0 Å². The number of nitrogens with one attached hydrogen (secondary N) is 3. The second-order valence-electron chi connectivity index (χ2n) is 9.05. The van der Waals surface area contributed by atoms with Crippen molar-refractivity contribution in [1.82, 2.24) is 9.97 Å².